The molecule has 0 saturated carbocycles. The van der Waals surface area contributed by atoms with Gasteiger partial charge in [-0.25, -0.2) is 4.39 Å². The maximum Gasteiger partial charge on any atom is 0.246 e. The Hall–Kier alpha value is -1.79. The largest absolute Gasteiger partial charge is 0.363 e. The molecule has 1 spiro atoms. The highest BCUT2D eigenvalue weighted by Crippen LogP contribution is 2.34. The van der Waals surface area contributed by atoms with Crippen molar-refractivity contribution in [3.05, 3.63) is 35.6 Å². The van der Waals surface area contributed by atoms with Gasteiger partial charge in [-0.1, -0.05) is 19.8 Å². The standard InChI is InChI=1S/C22H31FN2O3/c1-2-3-6-20-22(28-16-21(27)24-20)11-14-25(15-12-22)13-4-5-19(26)17-7-9-18(23)10-8-17/h7-10,20H,2-6,11-16H2,1H3,(H,24,27). The maximum atomic E-state index is 13.0. The molecule has 2 fully saturated rings. The zero-order valence-corrected chi connectivity index (χ0v) is 16.7. The average molecular weight is 390 g/mol. The fourth-order valence-corrected chi connectivity index (χ4v) is 4.31. The highest BCUT2D eigenvalue weighted by Gasteiger charge is 2.45. The summed E-state index contributed by atoms with van der Waals surface area (Å²) in [7, 11) is 0. The van der Waals surface area contributed by atoms with Crippen LogP contribution in [0, 0.1) is 5.82 Å². The number of unbranched alkanes of at least 4 members (excludes halogenated alkanes) is 1. The van der Waals surface area contributed by atoms with E-state index in [1.165, 1.54) is 12.1 Å². The van der Waals surface area contributed by atoms with Crippen LogP contribution in [0.2, 0.25) is 0 Å². The number of ether oxygens (including phenoxy) is 1. The van der Waals surface area contributed by atoms with E-state index < -0.39 is 0 Å². The van der Waals surface area contributed by atoms with Crippen molar-refractivity contribution in [1.82, 2.24) is 10.2 Å². The van der Waals surface area contributed by atoms with E-state index in [0.717, 1.165) is 58.2 Å². The van der Waals surface area contributed by atoms with Gasteiger partial charge in [-0.05, 0) is 56.5 Å². The van der Waals surface area contributed by atoms with Crippen LogP contribution in [0.3, 0.4) is 0 Å². The minimum atomic E-state index is -0.322. The summed E-state index contributed by atoms with van der Waals surface area (Å²) in [6, 6.07) is 5.86. The van der Waals surface area contributed by atoms with Gasteiger partial charge in [0.25, 0.3) is 0 Å². The van der Waals surface area contributed by atoms with Gasteiger partial charge in [0.05, 0.1) is 11.6 Å². The molecule has 154 valence electrons. The van der Waals surface area contributed by atoms with Gasteiger partial charge in [0.1, 0.15) is 12.4 Å². The summed E-state index contributed by atoms with van der Waals surface area (Å²) in [5.74, 6) is -0.267. The van der Waals surface area contributed by atoms with E-state index in [9.17, 15) is 14.0 Å². The van der Waals surface area contributed by atoms with Crippen LogP contribution < -0.4 is 5.32 Å². The highest BCUT2D eigenvalue weighted by molar-refractivity contribution is 5.95. The van der Waals surface area contributed by atoms with E-state index in [4.69, 9.17) is 4.74 Å². The summed E-state index contributed by atoms with van der Waals surface area (Å²) in [6.45, 7) is 5.03. The quantitative estimate of drug-likeness (QED) is 0.692. The second-order valence-corrected chi connectivity index (χ2v) is 7.99. The minimum absolute atomic E-state index is 0.00605. The molecule has 1 aromatic rings. The van der Waals surface area contributed by atoms with E-state index in [1.54, 1.807) is 12.1 Å². The lowest BCUT2D eigenvalue weighted by atomic mass is 9.80. The fourth-order valence-electron chi connectivity index (χ4n) is 4.31. The molecule has 0 aromatic heterocycles. The predicted molar refractivity (Wildman–Crippen MR) is 106 cm³/mol. The summed E-state index contributed by atoms with van der Waals surface area (Å²) in [5.41, 5.74) is 0.341. The summed E-state index contributed by atoms with van der Waals surface area (Å²) in [6.07, 6.45) is 6.25. The monoisotopic (exact) mass is 390 g/mol. The molecular formula is C22H31FN2O3. The van der Waals surface area contributed by atoms with Gasteiger partial charge < -0.3 is 15.0 Å². The number of benzene rings is 1. The number of nitrogens with one attached hydrogen (secondary N) is 1. The summed E-state index contributed by atoms with van der Waals surface area (Å²) >= 11 is 0. The molecule has 28 heavy (non-hydrogen) atoms. The van der Waals surface area contributed by atoms with Crippen molar-refractivity contribution in [2.45, 2.75) is 63.5 Å². The van der Waals surface area contributed by atoms with Gasteiger partial charge >= 0.3 is 0 Å². The minimum Gasteiger partial charge on any atom is -0.363 e. The first kappa shape index (κ1) is 20.9. The molecular weight excluding hydrogens is 359 g/mol. The van der Waals surface area contributed by atoms with Crippen LogP contribution >= 0.6 is 0 Å². The number of ketones is 1. The predicted octanol–water partition coefficient (Wildman–Crippen LogP) is 3.33. The van der Waals surface area contributed by atoms with Crippen molar-refractivity contribution in [2.24, 2.45) is 0 Å². The van der Waals surface area contributed by atoms with Gasteiger partial charge in [-0.2, -0.15) is 0 Å². The molecule has 1 atom stereocenters. The zero-order chi connectivity index (χ0) is 20.0. The van der Waals surface area contributed by atoms with Crippen molar-refractivity contribution in [2.75, 3.05) is 26.2 Å². The molecule has 1 aromatic carbocycles. The van der Waals surface area contributed by atoms with Crippen LogP contribution in [0.5, 0.6) is 0 Å². The number of halogens is 1. The topological polar surface area (TPSA) is 58.6 Å². The van der Waals surface area contributed by atoms with Crippen LogP contribution in [0.4, 0.5) is 4.39 Å². The third-order valence-electron chi connectivity index (χ3n) is 6.05. The number of hydrogen-bond donors (Lipinski definition) is 1. The Morgan fingerprint density at radius 3 is 2.64 bits per heavy atom. The Balaban J connectivity index is 1.45. The number of carbonyl (C=O) groups is 2. The number of likely N-dealkylation sites (tertiary alicyclic amines) is 1. The van der Waals surface area contributed by atoms with Gasteiger partial charge in [0, 0.05) is 25.1 Å². The molecule has 1 N–H and O–H groups in total. The molecule has 2 aliphatic rings. The molecule has 0 bridgehead atoms. The second-order valence-electron chi connectivity index (χ2n) is 7.99. The molecule has 2 heterocycles. The van der Waals surface area contributed by atoms with E-state index in [1.807, 2.05) is 0 Å². The van der Waals surface area contributed by atoms with Gasteiger partial charge in [0.2, 0.25) is 5.91 Å². The highest BCUT2D eigenvalue weighted by atomic mass is 19.1. The Morgan fingerprint density at radius 1 is 1.25 bits per heavy atom. The van der Waals surface area contributed by atoms with Crippen LogP contribution in [-0.4, -0.2) is 54.5 Å². The second kappa shape index (κ2) is 9.61. The number of amides is 1. The summed E-state index contributed by atoms with van der Waals surface area (Å²) < 4.78 is 19.0. The van der Waals surface area contributed by atoms with E-state index in [-0.39, 0.29) is 35.8 Å². The number of nitrogens with zero attached hydrogens (tertiary/aromatic N) is 1. The summed E-state index contributed by atoms with van der Waals surface area (Å²) in [5, 5.41) is 3.15. The van der Waals surface area contributed by atoms with Crippen molar-refractivity contribution >= 4 is 11.7 Å². The van der Waals surface area contributed by atoms with Gasteiger partial charge in [-0.15, -0.1) is 0 Å². The van der Waals surface area contributed by atoms with Crippen LogP contribution in [0.25, 0.3) is 0 Å². The number of carbonyl (C=O) groups excluding carboxylic acids is 2. The number of piperidine rings is 1. The lowest BCUT2D eigenvalue weighted by molar-refractivity contribution is -0.162. The first-order chi connectivity index (χ1) is 13.5. The molecule has 0 radical (unpaired) electrons. The number of morpholine rings is 1. The van der Waals surface area contributed by atoms with Crippen molar-refractivity contribution in [3.63, 3.8) is 0 Å². The smallest absolute Gasteiger partial charge is 0.246 e. The molecule has 2 saturated heterocycles. The van der Waals surface area contributed by atoms with Crippen molar-refractivity contribution in [1.29, 1.82) is 0 Å². The fraction of sp³-hybridized carbons (Fsp3) is 0.636. The normalized spacial score (nSPS) is 22.2. The molecule has 1 unspecified atom stereocenters. The Bertz CT molecular complexity index is 669. The third kappa shape index (κ3) is 5.17. The number of rotatable bonds is 8. The Kier molecular flexibility index (Phi) is 7.18. The SMILES string of the molecule is CCCCC1NC(=O)COC12CCN(CCCC(=O)c1ccc(F)cc1)CC2. The van der Waals surface area contributed by atoms with E-state index in [0.29, 0.717) is 12.0 Å². The first-order valence-corrected chi connectivity index (χ1v) is 10.5. The Labute approximate surface area is 166 Å². The number of Topliss-reactive ketones (excluding diaryl/α,β-unsaturated/α-hetero) is 1. The average Bonchev–Trinajstić information content (AvgIpc) is 2.70. The van der Waals surface area contributed by atoms with Crippen LogP contribution in [-0.2, 0) is 9.53 Å². The maximum absolute atomic E-state index is 13.0. The summed E-state index contributed by atoms with van der Waals surface area (Å²) in [4.78, 5) is 26.4. The van der Waals surface area contributed by atoms with Crippen LogP contribution in [0.15, 0.2) is 24.3 Å². The van der Waals surface area contributed by atoms with E-state index >= 15 is 0 Å². The molecule has 1 amide bonds. The van der Waals surface area contributed by atoms with Crippen molar-refractivity contribution < 1.29 is 18.7 Å². The van der Waals surface area contributed by atoms with Gasteiger partial charge in [0.15, 0.2) is 5.78 Å². The molecule has 5 nitrogen and oxygen atoms in total. The lowest BCUT2D eigenvalue weighted by Crippen LogP contribution is -2.63. The zero-order valence-electron chi connectivity index (χ0n) is 16.7. The van der Waals surface area contributed by atoms with Crippen LogP contribution in [0.1, 0.15) is 62.2 Å². The molecule has 0 aliphatic carbocycles. The molecule has 3 rings (SSSR count). The third-order valence-corrected chi connectivity index (χ3v) is 6.05. The number of hydrogen-bond acceptors (Lipinski definition) is 4. The van der Waals surface area contributed by atoms with Gasteiger partial charge in [-0.3, -0.25) is 9.59 Å². The lowest BCUT2D eigenvalue weighted by Gasteiger charge is -2.48. The molecule has 2 aliphatic heterocycles. The van der Waals surface area contributed by atoms with Crippen molar-refractivity contribution in [3.8, 4) is 0 Å². The first-order valence-electron chi connectivity index (χ1n) is 10.5. The van der Waals surface area contributed by atoms with E-state index in [2.05, 4.69) is 17.1 Å². The Morgan fingerprint density at radius 2 is 1.96 bits per heavy atom. The molecule has 6 heteroatoms.